The summed E-state index contributed by atoms with van der Waals surface area (Å²) in [6.07, 6.45) is 6.17. The zero-order valence-corrected chi connectivity index (χ0v) is 25.8. The monoisotopic (exact) mass is 554 g/mol. The summed E-state index contributed by atoms with van der Waals surface area (Å²) in [5.74, 6) is 1.00. The van der Waals surface area contributed by atoms with E-state index >= 15 is 0 Å². The minimum absolute atomic E-state index is 0.306. The minimum atomic E-state index is 0.306. The Bertz CT molecular complexity index is 1440. The second kappa shape index (κ2) is 14.5. The Labute approximate surface area is 245 Å². The number of hydrogen-bond donors (Lipinski definition) is 2. The van der Waals surface area contributed by atoms with E-state index in [-0.39, 0.29) is 0 Å². The van der Waals surface area contributed by atoms with Gasteiger partial charge in [-0.25, -0.2) is 4.98 Å². The molecule has 0 amide bonds. The molecular weight excluding hydrogens is 508 g/mol. The van der Waals surface area contributed by atoms with Crippen molar-refractivity contribution in [3.8, 4) is 0 Å². The van der Waals surface area contributed by atoms with Crippen molar-refractivity contribution in [3.63, 3.8) is 0 Å². The van der Waals surface area contributed by atoms with Crippen molar-refractivity contribution < 1.29 is 0 Å². The molecule has 0 fully saturated rings. The van der Waals surface area contributed by atoms with Gasteiger partial charge in [0.1, 0.15) is 12.5 Å². The fourth-order valence-corrected chi connectivity index (χ4v) is 4.80. The molecule has 0 atom stereocenters. The summed E-state index contributed by atoms with van der Waals surface area (Å²) in [5.41, 5.74) is 8.96. The lowest BCUT2D eigenvalue weighted by Gasteiger charge is -2.26. The topological polar surface area (TPSA) is 73.1 Å². The predicted molar refractivity (Wildman–Crippen MR) is 179 cm³/mol. The Balaban J connectivity index is 1.96. The molecule has 0 aliphatic carbocycles. The second-order valence-electron chi connectivity index (χ2n) is 10.7. The number of allylic oxidation sites excluding steroid dienone is 2. The molecule has 218 valence electrons. The quantitative estimate of drug-likeness (QED) is 0.162. The van der Waals surface area contributed by atoms with Crippen LogP contribution in [0.4, 0.5) is 17.1 Å². The largest absolute Gasteiger partial charge is 0.372 e. The number of aliphatic imine (C=N–C) groups is 2. The number of imidazole rings is 1. The smallest absolute Gasteiger partial charge is 0.108 e. The highest BCUT2D eigenvalue weighted by Gasteiger charge is 2.15. The number of fused-ring (bicyclic) bond motifs is 1. The molecule has 0 saturated heterocycles. The molecule has 41 heavy (non-hydrogen) atoms. The van der Waals surface area contributed by atoms with Gasteiger partial charge in [-0.3, -0.25) is 9.98 Å². The highest BCUT2D eigenvalue weighted by molar-refractivity contribution is 6.10. The van der Waals surface area contributed by atoms with Crippen molar-refractivity contribution in [3.05, 3.63) is 84.5 Å². The summed E-state index contributed by atoms with van der Waals surface area (Å²) < 4.78 is 2.25. The van der Waals surface area contributed by atoms with Crippen LogP contribution in [0.5, 0.6) is 0 Å². The summed E-state index contributed by atoms with van der Waals surface area (Å²) >= 11 is 0. The third-order valence-electron chi connectivity index (χ3n) is 6.97. The van der Waals surface area contributed by atoms with Crippen molar-refractivity contribution >= 4 is 40.5 Å². The Morgan fingerprint density at radius 3 is 2.51 bits per heavy atom. The van der Waals surface area contributed by atoms with Gasteiger partial charge in [-0.1, -0.05) is 26.1 Å². The van der Waals surface area contributed by atoms with Gasteiger partial charge < -0.3 is 25.0 Å². The molecular formula is C33H46N8. The first-order valence-electron chi connectivity index (χ1n) is 14.1. The Morgan fingerprint density at radius 2 is 1.88 bits per heavy atom. The van der Waals surface area contributed by atoms with E-state index in [4.69, 9.17) is 9.98 Å². The summed E-state index contributed by atoms with van der Waals surface area (Å²) in [4.78, 5) is 18.0. The van der Waals surface area contributed by atoms with Crippen molar-refractivity contribution in [2.24, 2.45) is 9.98 Å². The van der Waals surface area contributed by atoms with Crippen LogP contribution in [0.1, 0.15) is 43.8 Å². The van der Waals surface area contributed by atoms with Crippen molar-refractivity contribution in [1.29, 1.82) is 0 Å². The van der Waals surface area contributed by atoms with Gasteiger partial charge in [-0.15, -0.1) is 0 Å². The van der Waals surface area contributed by atoms with Crippen LogP contribution in [0.2, 0.25) is 0 Å². The van der Waals surface area contributed by atoms with E-state index in [0.29, 0.717) is 12.7 Å². The number of hydrogen-bond acceptors (Lipinski definition) is 7. The molecule has 3 aromatic rings. The SMILES string of the molecule is C=CC(=C)Nc1cc(NCN=C(/C=C\N=C)c2ccc3nc(C)n(C(C)C)c3c2)c(CC)cc1N(C)CCN(C)C. The van der Waals surface area contributed by atoms with Crippen LogP contribution < -0.4 is 15.5 Å². The molecule has 0 unspecified atom stereocenters. The molecule has 8 nitrogen and oxygen atoms in total. The Hall–Kier alpha value is -4.17. The molecule has 0 spiro atoms. The average molecular weight is 555 g/mol. The maximum absolute atomic E-state index is 4.93. The van der Waals surface area contributed by atoms with E-state index < -0.39 is 0 Å². The summed E-state index contributed by atoms with van der Waals surface area (Å²) in [7, 11) is 6.29. The van der Waals surface area contributed by atoms with E-state index in [1.54, 1.807) is 12.3 Å². The molecule has 3 rings (SSSR count). The molecule has 1 aromatic heterocycles. The van der Waals surface area contributed by atoms with E-state index in [2.05, 4.69) is 122 Å². The first-order valence-corrected chi connectivity index (χ1v) is 14.1. The van der Waals surface area contributed by atoms with Crippen LogP contribution in [-0.4, -0.2) is 67.8 Å². The molecule has 0 radical (unpaired) electrons. The summed E-state index contributed by atoms with van der Waals surface area (Å²) in [5, 5.41) is 6.98. The van der Waals surface area contributed by atoms with E-state index in [9.17, 15) is 0 Å². The van der Waals surface area contributed by atoms with Crippen LogP contribution in [0.15, 0.2) is 77.5 Å². The minimum Gasteiger partial charge on any atom is -0.372 e. The van der Waals surface area contributed by atoms with Gasteiger partial charge in [-0.05, 0) is 90.0 Å². The predicted octanol–water partition coefficient (Wildman–Crippen LogP) is 6.67. The normalized spacial score (nSPS) is 12.0. The van der Waals surface area contributed by atoms with Gasteiger partial charge in [0.2, 0.25) is 0 Å². The highest BCUT2D eigenvalue weighted by Crippen LogP contribution is 2.33. The number of nitrogens with zero attached hydrogens (tertiary/aromatic N) is 6. The van der Waals surface area contributed by atoms with Crippen LogP contribution in [0, 0.1) is 6.92 Å². The lowest BCUT2D eigenvalue weighted by Crippen LogP contribution is -2.29. The van der Waals surface area contributed by atoms with Gasteiger partial charge in [0.15, 0.2) is 0 Å². The average Bonchev–Trinajstić information content (AvgIpc) is 3.28. The number of rotatable bonds is 15. The third kappa shape index (κ3) is 7.95. The standard InChI is InChI=1S/C33H46N8/c1-11-24(5)37-31-21-30(26(12-2)19-32(31)40(10)18-17-39(8)9)36-22-35-28(15-16-34-7)27-13-14-29-33(20-27)41(23(3)4)25(6)38-29/h11,13-16,19-21,23,36-37H,1,5,7,12,17-18,22H2,2-4,6,8-10H3/b16-15-,35-28?. The van der Waals surface area contributed by atoms with Crippen LogP contribution in [0.3, 0.4) is 0 Å². The third-order valence-corrected chi connectivity index (χ3v) is 6.97. The fraction of sp³-hybridized carbons (Fsp3) is 0.364. The molecule has 0 aliphatic heterocycles. The molecule has 0 bridgehead atoms. The molecule has 8 heteroatoms. The van der Waals surface area contributed by atoms with Gasteiger partial charge >= 0.3 is 0 Å². The van der Waals surface area contributed by atoms with Gasteiger partial charge in [0, 0.05) is 49.3 Å². The first-order chi connectivity index (χ1) is 19.6. The molecule has 2 N–H and O–H groups in total. The summed E-state index contributed by atoms with van der Waals surface area (Å²) in [6.45, 7) is 22.3. The summed E-state index contributed by atoms with van der Waals surface area (Å²) in [6, 6.07) is 11.0. The highest BCUT2D eigenvalue weighted by atomic mass is 15.2. The van der Waals surface area contributed by atoms with Crippen LogP contribution in [-0.2, 0) is 6.42 Å². The fourth-order valence-electron chi connectivity index (χ4n) is 4.80. The molecule has 2 aromatic carbocycles. The second-order valence-corrected chi connectivity index (χ2v) is 10.7. The lowest BCUT2D eigenvalue weighted by molar-refractivity contribution is 0.416. The Morgan fingerprint density at radius 1 is 1.12 bits per heavy atom. The zero-order valence-electron chi connectivity index (χ0n) is 25.8. The van der Waals surface area contributed by atoms with Gasteiger partial charge in [0.25, 0.3) is 0 Å². The first kappa shape index (κ1) is 31.4. The zero-order chi connectivity index (χ0) is 30.1. The van der Waals surface area contributed by atoms with Crippen LogP contribution >= 0.6 is 0 Å². The number of aryl methyl sites for hydroxylation is 2. The van der Waals surface area contributed by atoms with Crippen molar-refractivity contribution in [1.82, 2.24) is 14.5 Å². The maximum Gasteiger partial charge on any atom is 0.108 e. The molecule has 0 aliphatic rings. The van der Waals surface area contributed by atoms with Crippen LogP contribution in [0.25, 0.3) is 11.0 Å². The van der Waals surface area contributed by atoms with Gasteiger partial charge in [0.05, 0.1) is 28.1 Å². The maximum atomic E-state index is 4.93. The molecule has 0 saturated carbocycles. The van der Waals surface area contributed by atoms with E-state index in [0.717, 1.165) is 70.4 Å². The number of aromatic nitrogens is 2. The Kier molecular flexibility index (Phi) is 11.1. The number of anilines is 3. The van der Waals surface area contributed by atoms with E-state index in [1.165, 1.54) is 5.56 Å². The molecule has 1 heterocycles. The number of nitrogens with one attached hydrogen (secondary N) is 2. The van der Waals surface area contributed by atoms with Gasteiger partial charge in [-0.2, -0.15) is 0 Å². The number of benzene rings is 2. The van der Waals surface area contributed by atoms with E-state index in [1.807, 2.05) is 13.0 Å². The van der Waals surface area contributed by atoms with Crippen molar-refractivity contribution in [2.75, 3.05) is 56.4 Å². The lowest BCUT2D eigenvalue weighted by atomic mass is 10.1. The number of likely N-dealkylation sites (N-methyl/N-ethyl adjacent to an activating group) is 2. The van der Waals surface area contributed by atoms with Crippen molar-refractivity contribution in [2.45, 2.75) is 40.2 Å².